The van der Waals surface area contributed by atoms with Crippen LogP contribution in [0.5, 0.6) is 0 Å². The number of carbonyl (C=O) groups is 1. The first-order chi connectivity index (χ1) is 13.6. The van der Waals surface area contributed by atoms with Gasteiger partial charge in [0.15, 0.2) is 5.76 Å². The van der Waals surface area contributed by atoms with Crippen molar-refractivity contribution in [2.24, 2.45) is 17.8 Å². The largest absolute Gasteiger partial charge is 0.465 e. The van der Waals surface area contributed by atoms with Crippen LogP contribution in [-0.4, -0.2) is 13.1 Å². The van der Waals surface area contributed by atoms with E-state index < -0.39 is 0 Å². The van der Waals surface area contributed by atoms with Gasteiger partial charge in [-0.3, -0.25) is 0 Å². The second-order valence-corrected chi connectivity index (χ2v) is 9.32. The Hall–Kier alpha value is -2.07. The summed E-state index contributed by atoms with van der Waals surface area (Å²) < 4.78 is 11.5. The zero-order chi connectivity index (χ0) is 19.1. The lowest BCUT2D eigenvalue weighted by molar-refractivity contribution is -0.688. The van der Waals surface area contributed by atoms with E-state index in [1.165, 1.54) is 51.2 Å². The molecule has 4 aliphatic rings. The summed E-state index contributed by atoms with van der Waals surface area (Å²) in [4.78, 5) is 12.4. The third kappa shape index (κ3) is 3.18. The number of hydrogen-bond acceptors (Lipinski definition) is 3. The number of carbonyl (C=O) groups excluding carboxylic acids is 1. The van der Waals surface area contributed by atoms with E-state index in [9.17, 15) is 4.79 Å². The summed E-state index contributed by atoms with van der Waals surface area (Å²) in [5.74, 6) is 4.11. The van der Waals surface area contributed by atoms with Gasteiger partial charge in [-0.25, -0.2) is 4.79 Å². The van der Waals surface area contributed by atoms with Gasteiger partial charge < -0.3 is 14.5 Å². The van der Waals surface area contributed by atoms with Crippen LogP contribution in [0.2, 0.25) is 0 Å². The summed E-state index contributed by atoms with van der Waals surface area (Å²) in [6, 6.07) is 12.4. The molecule has 2 aromatic rings. The van der Waals surface area contributed by atoms with Crippen molar-refractivity contribution in [2.45, 2.75) is 57.0 Å². The van der Waals surface area contributed by atoms with Crippen LogP contribution in [0.3, 0.4) is 0 Å². The number of quaternary nitrogens is 1. The predicted octanol–water partition coefficient (Wildman–Crippen LogP) is 3.80. The molecule has 1 aromatic carbocycles. The molecule has 4 nitrogen and oxygen atoms in total. The first-order valence-electron chi connectivity index (χ1n) is 10.7. The normalized spacial score (nSPS) is 30.5. The fourth-order valence-electron chi connectivity index (χ4n) is 6.52. The lowest BCUT2D eigenvalue weighted by Crippen LogP contribution is -2.80. The van der Waals surface area contributed by atoms with Crippen molar-refractivity contribution in [3.8, 4) is 0 Å². The number of nitrogens with two attached hydrogens (primary N) is 1. The summed E-state index contributed by atoms with van der Waals surface area (Å²) in [5.41, 5.74) is 2.06. The lowest BCUT2D eigenvalue weighted by Gasteiger charge is -2.55. The molecule has 2 N–H and O–H groups in total. The van der Waals surface area contributed by atoms with Crippen LogP contribution in [0, 0.1) is 17.8 Å². The molecule has 4 saturated carbocycles. The van der Waals surface area contributed by atoms with Crippen LogP contribution in [0.25, 0.3) is 0 Å². The molecule has 0 unspecified atom stereocenters. The van der Waals surface area contributed by atoms with Crippen LogP contribution >= 0.6 is 0 Å². The van der Waals surface area contributed by atoms with Crippen molar-refractivity contribution < 1.29 is 19.3 Å². The number of hydrogen-bond donors (Lipinski definition) is 1. The van der Waals surface area contributed by atoms with E-state index in [4.69, 9.17) is 9.15 Å². The Kier molecular flexibility index (Phi) is 4.54. The number of esters is 1. The molecule has 4 aliphatic carbocycles. The van der Waals surface area contributed by atoms with Crippen molar-refractivity contribution in [1.82, 2.24) is 0 Å². The maximum absolute atomic E-state index is 12.4. The Morgan fingerprint density at radius 2 is 1.71 bits per heavy atom. The highest BCUT2D eigenvalue weighted by molar-refractivity contribution is 5.90. The molecule has 0 saturated heterocycles. The van der Waals surface area contributed by atoms with Gasteiger partial charge in [-0.15, -0.1) is 0 Å². The van der Waals surface area contributed by atoms with Gasteiger partial charge in [0.1, 0.15) is 24.4 Å². The zero-order valence-corrected chi connectivity index (χ0v) is 16.7. The number of methoxy groups -OCH3 is 1. The maximum atomic E-state index is 12.4. The SMILES string of the molecule is COC(=O)c1cc(C23CC4CC(CC(C4)C2)C3)oc1C[NH2+]Cc1ccccc1. The van der Waals surface area contributed by atoms with Gasteiger partial charge in [-0.1, -0.05) is 30.3 Å². The van der Waals surface area contributed by atoms with Crippen LogP contribution in [0.1, 0.15) is 66.0 Å². The topological polar surface area (TPSA) is 56.0 Å². The zero-order valence-electron chi connectivity index (χ0n) is 16.7. The summed E-state index contributed by atoms with van der Waals surface area (Å²) in [5, 5.41) is 2.20. The molecule has 4 heteroatoms. The van der Waals surface area contributed by atoms with Crippen molar-refractivity contribution in [1.29, 1.82) is 0 Å². The standard InChI is InChI=1S/C24H29NO3/c1-27-23(26)20-10-22(24-11-17-7-18(12-24)9-19(8-17)13-24)28-21(20)15-25-14-16-5-3-2-4-6-16/h2-6,10,17-19,25H,7-9,11-15H2,1H3/p+1. The fourth-order valence-corrected chi connectivity index (χ4v) is 6.52. The Morgan fingerprint density at radius 1 is 1.07 bits per heavy atom. The quantitative estimate of drug-likeness (QED) is 0.776. The molecule has 1 heterocycles. The second kappa shape index (κ2) is 7.07. The van der Waals surface area contributed by atoms with Gasteiger partial charge in [0.05, 0.1) is 7.11 Å². The van der Waals surface area contributed by atoms with E-state index in [0.29, 0.717) is 12.1 Å². The van der Waals surface area contributed by atoms with Gasteiger partial charge in [0.25, 0.3) is 0 Å². The van der Waals surface area contributed by atoms with E-state index in [1.54, 1.807) is 0 Å². The smallest absolute Gasteiger partial charge is 0.341 e. The van der Waals surface area contributed by atoms with Gasteiger partial charge in [0, 0.05) is 11.0 Å². The Balaban J connectivity index is 1.38. The molecular weight excluding hydrogens is 350 g/mol. The lowest BCUT2D eigenvalue weighted by atomic mass is 9.49. The van der Waals surface area contributed by atoms with Crippen LogP contribution in [0.15, 0.2) is 40.8 Å². The molecule has 0 spiro atoms. The minimum absolute atomic E-state index is 0.162. The molecule has 0 amide bonds. The Bertz CT molecular complexity index is 819. The molecule has 0 atom stereocenters. The van der Waals surface area contributed by atoms with E-state index >= 15 is 0 Å². The minimum atomic E-state index is -0.275. The molecule has 4 bridgehead atoms. The Labute approximate surface area is 166 Å². The molecule has 148 valence electrons. The molecule has 1 aromatic heterocycles. The van der Waals surface area contributed by atoms with Gasteiger partial charge in [-0.05, 0) is 62.3 Å². The van der Waals surface area contributed by atoms with Crippen LogP contribution in [0.4, 0.5) is 0 Å². The first kappa shape index (κ1) is 18.0. The van der Waals surface area contributed by atoms with Crippen molar-refractivity contribution >= 4 is 5.97 Å². The Morgan fingerprint density at radius 3 is 2.32 bits per heavy atom. The molecule has 4 fully saturated rings. The summed E-state index contributed by atoms with van der Waals surface area (Å²) >= 11 is 0. The maximum Gasteiger partial charge on any atom is 0.341 e. The van der Waals surface area contributed by atoms with E-state index in [-0.39, 0.29) is 11.4 Å². The monoisotopic (exact) mass is 380 g/mol. The summed E-state index contributed by atoms with van der Waals surface area (Å²) in [7, 11) is 1.46. The predicted molar refractivity (Wildman–Crippen MR) is 106 cm³/mol. The molecule has 0 radical (unpaired) electrons. The molecular formula is C24H30NO3+. The van der Waals surface area contributed by atoms with Gasteiger partial charge >= 0.3 is 5.97 Å². The second-order valence-electron chi connectivity index (χ2n) is 9.32. The minimum Gasteiger partial charge on any atom is -0.465 e. The number of ether oxygens (including phenoxy) is 1. The molecule has 0 aliphatic heterocycles. The van der Waals surface area contributed by atoms with E-state index in [2.05, 4.69) is 29.6 Å². The summed E-state index contributed by atoms with van der Waals surface area (Å²) in [6.07, 6.45) is 7.92. The fraction of sp³-hybridized carbons (Fsp3) is 0.542. The van der Waals surface area contributed by atoms with Crippen molar-refractivity contribution in [3.05, 3.63) is 59.0 Å². The average Bonchev–Trinajstić information content (AvgIpc) is 3.12. The highest BCUT2D eigenvalue weighted by atomic mass is 16.5. The van der Waals surface area contributed by atoms with E-state index in [1.807, 2.05) is 12.1 Å². The summed E-state index contributed by atoms with van der Waals surface area (Å²) in [6.45, 7) is 1.53. The average molecular weight is 381 g/mol. The van der Waals surface area contributed by atoms with E-state index in [0.717, 1.165) is 35.8 Å². The molecule has 6 rings (SSSR count). The highest BCUT2D eigenvalue weighted by Gasteiger charge is 2.53. The number of benzene rings is 1. The first-order valence-corrected chi connectivity index (χ1v) is 10.7. The van der Waals surface area contributed by atoms with Crippen molar-refractivity contribution in [2.75, 3.05) is 7.11 Å². The van der Waals surface area contributed by atoms with Gasteiger partial charge in [0.2, 0.25) is 0 Å². The third-order valence-electron chi connectivity index (χ3n) is 7.33. The number of furan rings is 1. The highest BCUT2D eigenvalue weighted by Crippen LogP contribution is 2.61. The number of rotatable bonds is 6. The molecule has 28 heavy (non-hydrogen) atoms. The van der Waals surface area contributed by atoms with Crippen LogP contribution < -0.4 is 5.32 Å². The van der Waals surface area contributed by atoms with Gasteiger partial charge in [-0.2, -0.15) is 0 Å². The van der Waals surface area contributed by atoms with Crippen molar-refractivity contribution in [3.63, 3.8) is 0 Å². The van der Waals surface area contributed by atoms with Crippen LogP contribution in [-0.2, 0) is 23.2 Å². The third-order valence-corrected chi connectivity index (χ3v) is 7.33.